The van der Waals surface area contributed by atoms with Gasteiger partial charge in [0, 0.05) is 23.5 Å². The fourth-order valence-electron chi connectivity index (χ4n) is 2.21. The number of nitrogens with zero attached hydrogens (tertiary/aromatic N) is 2. The van der Waals surface area contributed by atoms with Crippen molar-refractivity contribution in [1.29, 1.82) is 0 Å². The molecule has 0 aliphatic heterocycles. The predicted octanol–water partition coefficient (Wildman–Crippen LogP) is 4.59. The van der Waals surface area contributed by atoms with Crippen LogP contribution in [0.5, 0.6) is 0 Å². The first-order chi connectivity index (χ1) is 12.0. The molecule has 0 heterocycles. The van der Waals surface area contributed by atoms with E-state index in [1.54, 1.807) is 12.1 Å². The first-order valence-electron chi connectivity index (χ1n) is 8.00. The second kappa shape index (κ2) is 8.63. The van der Waals surface area contributed by atoms with Gasteiger partial charge in [0.05, 0.1) is 11.5 Å². The highest BCUT2D eigenvalue weighted by molar-refractivity contribution is 6.09. The van der Waals surface area contributed by atoms with Crippen LogP contribution in [0, 0.1) is 10.1 Å². The van der Waals surface area contributed by atoms with Crippen LogP contribution in [0.3, 0.4) is 0 Å². The number of para-hydroxylation sites is 1. The number of benzene rings is 2. The van der Waals surface area contributed by atoms with Crippen molar-refractivity contribution in [2.45, 2.75) is 19.8 Å². The summed E-state index contributed by atoms with van der Waals surface area (Å²) in [6, 6.07) is 14.8. The number of hydrogen-bond acceptors (Lipinski definition) is 4. The van der Waals surface area contributed by atoms with Gasteiger partial charge >= 0.3 is 0 Å². The van der Waals surface area contributed by atoms with E-state index in [1.165, 1.54) is 29.2 Å². The lowest BCUT2D eigenvalue weighted by Gasteiger charge is -2.23. The summed E-state index contributed by atoms with van der Waals surface area (Å²) in [6.45, 7) is 6.17. The third-order valence-corrected chi connectivity index (χ3v) is 3.55. The zero-order chi connectivity index (χ0) is 18.2. The van der Waals surface area contributed by atoms with E-state index in [9.17, 15) is 14.9 Å². The minimum Gasteiger partial charge on any atom is -0.488 e. The van der Waals surface area contributed by atoms with Gasteiger partial charge in [-0.05, 0) is 30.7 Å². The molecule has 0 spiro atoms. The lowest BCUT2D eigenvalue weighted by atomic mass is 10.2. The van der Waals surface area contributed by atoms with Gasteiger partial charge in [-0.2, -0.15) is 0 Å². The van der Waals surface area contributed by atoms with Crippen LogP contribution in [-0.4, -0.2) is 17.4 Å². The number of nitro groups is 1. The molecule has 1 amide bonds. The molecular weight excluding hydrogens is 320 g/mol. The fraction of sp³-hybridized carbons (Fsp3) is 0.211. The van der Waals surface area contributed by atoms with Crippen LogP contribution in [0.2, 0.25) is 0 Å². The van der Waals surface area contributed by atoms with Crippen molar-refractivity contribution < 1.29 is 14.5 Å². The Labute approximate surface area is 146 Å². The van der Waals surface area contributed by atoms with E-state index < -0.39 is 10.8 Å². The van der Waals surface area contributed by atoms with Gasteiger partial charge in [0.25, 0.3) is 11.6 Å². The zero-order valence-electron chi connectivity index (χ0n) is 14.1. The number of carbonyl (C=O) groups is 1. The summed E-state index contributed by atoms with van der Waals surface area (Å²) in [5.41, 5.74) is 1.09. The van der Waals surface area contributed by atoms with E-state index in [0.29, 0.717) is 18.0 Å². The van der Waals surface area contributed by atoms with Gasteiger partial charge in [0.1, 0.15) is 0 Å². The number of non-ortho nitro benzene ring substituents is 1. The van der Waals surface area contributed by atoms with Crippen LogP contribution in [-0.2, 0) is 9.53 Å². The normalized spacial score (nSPS) is 10.1. The Morgan fingerprint density at radius 1 is 1.12 bits per heavy atom. The number of rotatable bonds is 8. The average Bonchev–Trinajstić information content (AvgIpc) is 2.63. The molecule has 2 aromatic rings. The minimum absolute atomic E-state index is 0.0376. The largest absolute Gasteiger partial charge is 0.488 e. The maximum Gasteiger partial charge on any atom is 0.297 e. The molecule has 6 nitrogen and oxygen atoms in total. The Kier molecular flexibility index (Phi) is 6.28. The molecule has 0 atom stereocenters. The quantitative estimate of drug-likeness (QED) is 0.232. The summed E-state index contributed by atoms with van der Waals surface area (Å²) in [6.07, 6.45) is 1.78. The smallest absolute Gasteiger partial charge is 0.297 e. The zero-order valence-corrected chi connectivity index (χ0v) is 14.1. The fourth-order valence-corrected chi connectivity index (χ4v) is 2.21. The molecule has 0 aliphatic rings. The SMILES string of the molecule is C=C(OCCCC)C(=O)N(c1ccccc1)c1ccc([N+](=O)[O-])cc1. The molecule has 0 unspecified atom stereocenters. The maximum absolute atomic E-state index is 12.8. The van der Waals surface area contributed by atoms with E-state index in [0.717, 1.165) is 12.8 Å². The van der Waals surface area contributed by atoms with Gasteiger partial charge in [-0.15, -0.1) is 0 Å². The highest BCUT2D eigenvalue weighted by Crippen LogP contribution is 2.28. The lowest BCUT2D eigenvalue weighted by molar-refractivity contribution is -0.384. The van der Waals surface area contributed by atoms with Gasteiger partial charge in [-0.25, -0.2) is 0 Å². The second-order valence-electron chi connectivity index (χ2n) is 5.37. The summed E-state index contributed by atoms with van der Waals surface area (Å²) in [7, 11) is 0. The number of nitro benzene ring substituents is 1. The van der Waals surface area contributed by atoms with Crippen molar-refractivity contribution >= 4 is 23.0 Å². The highest BCUT2D eigenvalue weighted by Gasteiger charge is 2.22. The van der Waals surface area contributed by atoms with Crippen LogP contribution in [0.15, 0.2) is 66.9 Å². The Morgan fingerprint density at radius 2 is 1.72 bits per heavy atom. The van der Waals surface area contributed by atoms with E-state index in [1.807, 2.05) is 25.1 Å². The molecule has 0 aliphatic carbocycles. The summed E-state index contributed by atoms with van der Waals surface area (Å²) >= 11 is 0. The highest BCUT2D eigenvalue weighted by atomic mass is 16.6. The van der Waals surface area contributed by atoms with Crippen molar-refractivity contribution in [2.24, 2.45) is 0 Å². The Bertz CT molecular complexity index is 742. The number of carbonyl (C=O) groups excluding carboxylic acids is 1. The minimum atomic E-state index is -0.481. The van der Waals surface area contributed by atoms with Gasteiger partial charge in [0.15, 0.2) is 5.76 Å². The lowest BCUT2D eigenvalue weighted by Crippen LogP contribution is -2.28. The number of amides is 1. The summed E-state index contributed by atoms with van der Waals surface area (Å²) < 4.78 is 5.44. The van der Waals surface area contributed by atoms with Crippen molar-refractivity contribution in [3.63, 3.8) is 0 Å². The molecule has 0 saturated carbocycles. The monoisotopic (exact) mass is 340 g/mol. The Hall–Kier alpha value is -3.15. The molecule has 0 N–H and O–H groups in total. The molecular formula is C19H20N2O4. The third kappa shape index (κ3) is 4.67. The number of unbranched alkanes of at least 4 members (excludes halogenated alkanes) is 1. The molecule has 2 aromatic carbocycles. The molecule has 0 radical (unpaired) electrons. The van der Waals surface area contributed by atoms with Crippen LogP contribution in [0.1, 0.15) is 19.8 Å². The number of hydrogen-bond donors (Lipinski definition) is 0. The van der Waals surface area contributed by atoms with Gasteiger partial charge in [0.2, 0.25) is 0 Å². The molecule has 25 heavy (non-hydrogen) atoms. The number of ether oxygens (including phenoxy) is 1. The average molecular weight is 340 g/mol. The van der Waals surface area contributed by atoms with Crippen LogP contribution in [0.4, 0.5) is 17.1 Å². The van der Waals surface area contributed by atoms with Crippen molar-refractivity contribution in [1.82, 2.24) is 0 Å². The van der Waals surface area contributed by atoms with Gasteiger partial charge < -0.3 is 4.74 Å². The predicted molar refractivity (Wildman–Crippen MR) is 96.7 cm³/mol. The molecule has 0 saturated heterocycles. The topological polar surface area (TPSA) is 72.7 Å². The van der Waals surface area contributed by atoms with Crippen molar-refractivity contribution in [3.8, 4) is 0 Å². The Morgan fingerprint density at radius 3 is 2.28 bits per heavy atom. The van der Waals surface area contributed by atoms with Crippen LogP contribution < -0.4 is 4.90 Å². The first-order valence-corrected chi connectivity index (χ1v) is 8.00. The van der Waals surface area contributed by atoms with E-state index in [2.05, 4.69) is 6.58 Å². The summed E-state index contributed by atoms with van der Waals surface area (Å²) in [5.74, 6) is -0.369. The van der Waals surface area contributed by atoms with Gasteiger partial charge in [-0.3, -0.25) is 19.8 Å². The van der Waals surface area contributed by atoms with Crippen LogP contribution in [0.25, 0.3) is 0 Å². The van der Waals surface area contributed by atoms with E-state index >= 15 is 0 Å². The summed E-state index contributed by atoms with van der Waals surface area (Å²) in [4.78, 5) is 24.6. The Balaban J connectivity index is 2.32. The van der Waals surface area contributed by atoms with Crippen molar-refractivity contribution in [2.75, 3.05) is 11.5 Å². The second-order valence-corrected chi connectivity index (χ2v) is 5.37. The molecule has 6 heteroatoms. The molecule has 0 bridgehead atoms. The first kappa shape index (κ1) is 18.2. The van der Waals surface area contributed by atoms with Crippen molar-refractivity contribution in [3.05, 3.63) is 77.0 Å². The molecule has 0 fully saturated rings. The van der Waals surface area contributed by atoms with Crippen LogP contribution >= 0.6 is 0 Å². The molecule has 2 rings (SSSR count). The van der Waals surface area contributed by atoms with Gasteiger partial charge in [-0.1, -0.05) is 38.1 Å². The molecule has 130 valence electrons. The maximum atomic E-state index is 12.8. The molecule has 0 aromatic heterocycles. The standard InChI is InChI=1S/C19H20N2O4/c1-3-4-14-25-15(2)19(22)20(16-8-6-5-7-9-16)17-10-12-18(13-11-17)21(23)24/h5-13H,2-4,14H2,1H3. The van der Waals surface area contributed by atoms with E-state index in [4.69, 9.17) is 4.74 Å². The third-order valence-electron chi connectivity index (χ3n) is 3.55. The summed E-state index contributed by atoms with van der Waals surface area (Å²) in [5, 5.41) is 10.8. The van der Waals surface area contributed by atoms with E-state index in [-0.39, 0.29) is 11.4 Å². The number of anilines is 2.